The second-order valence-corrected chi connectivity index (χ2v) is 7.41. The summed E-state index contributed by atoms with van der Waals surface area (Å²) in [5.41, 5.74) is 6.25. The summed E-state index contributed by atoms with van der Waals surface area (Å²) >= 11 is 0. The first-order chi connectivity index (χ1) is 16.5. The van der Waals surface area contributed by atoms with E-state index in [4.69, 9.17) is 20.5 Å². The monoisotopic (exact) mass is 456 g/mol. The molecule has 1 aromatic heterocycles. The highest BCUT2D eigenvalue weighted by Gasteiger charge is 2.14. The van der Waals surface area contributed by atoms with Gasteiger partial charge in [-0.15, -0.1) is 0 Å². The first-order valence-electron chi connectivity index (χ1n) is 10.3. The van der Waals surface area contributed by atoms with E-state index >= 15 is 0 Å². The second kappa shape index (κ2) is 9.38. The molecule has 0 radical (unpaired) electrons. The molecule has 0 aliphatic heterocycles. The maximum atomic E-state index is 14.9. The van der Waals surface area contributed by atoms with E-state index in [-0.39, 0.29) is 23.2 Å². The molecule has 0 saturated heterocycles. The fraction of sp³-hybridized carbons (Fsp3) is 0.0769. The van der Waals surface area contributed by atoms with Gasteiger partial charge in [0.15, 0.2) is 11.5 Å². The number of rotatable bonds is 5. The van der Waals surface area contributed by atoms with Crippen LogP contribution in [0, 0.1) is 27.7 Å². The summed E-state index contributed by atoms with van der Waals surface area (Å²) in [5.74, 6) is 0.138. The average Bonchev–Trinajstić information content (AvgIpc) is 3.19. The Morgan fingerprint density at radius 2 is 1.94 bits per heavy atom. The van der Waals surface area contributed by atoms with Crippen LogP contribution in [0.25, 0.3) is 18.5 Å². The zero-order valence-corrected chi connectivity index (χ0v) is 18.3. The lowest BCUT2D eigenvalue weighted by atomic mass is 10.2. The Morgan fingerprint density at radius 3 is 2.59 bits per heavy atom. The van der Waals surface area contributed by atoms with Crippen LogP contribution in [0.15, 0.2) is 65.5 Å². The number of hydrogen-bond acceptors (Lipinski definition) is 5. The first-order valence-corrected chi connectivity index (χ1v) is 10.3. The third-order valence-corrected chi connectivity index (χ3v) is 5.29. The van der Waals surface area contributed by atoms with Crippen LogP contribution in [0.3, 0.4) is 0 Å². The zero-order chi connectivity index (χ0) is 24.2. The topological polar surface area (TPSA) is 106 Å². The fourth-order valence-corrected chi connectivity index (χ4v) is 3.66. The van der Waals surface area contributed by atoms with Gasteiger partial charge < -0.3 is 20.2 Å². The molecule has 34 heavy (non-hydrogen) atoms. The van der Waals surface area contributed by atoms with Crippen LogP contribution in [0.5, 0.6) is 11.5 Å². The summed E-state index contributed by atoms with van der Waals surface area (Å²) in [7, 11) is 1.52. The standard InChI is InChI=1S/C26H21FN4O3/c1-16-10-23(33-2)24(34-15-17-6-4-3-5-7-17)12-19(16)25-21(14-29)30-26(32)31(25)22-9-8-18(13-28)11-20(22)27/h3-12,14H,1,15,29H2,2H3,(H,30,32)/b21-14+,25-19+. The van der Waals surface area contributed by atoms with Crippen LogP contribution in [-0.4, -0.2) is 16.7 Å². The number of nitrogens with zero attached hydrogens (tertiary/aromatic N) is 2. The van der Waals surface area contributed by atoms with Crippen molar-refractivity contribution in [2.24, 2.45) is 5.73 Å². The number of benzene rings is 3. The molecule has 1 heterocycles. The predicted molar refractivity (Wildman–Crippen MR) is 126 cm³/mol. The SMILES string of the molecule is C=c1cc(OC)c(OCc2ccccc2)c/c1=c1/c(=C\N)[nH]c(=O)n1-c1ccc(C#N)cc1F. The number of nitrogens with two attached hydrogens (primary N) is 1. The van der Waals surface area contributed by atoms with Gasteiger partial charge in [0.2, 0.25) is 0 Å². The van der Waals surface area contributed by atoms with Crippen LogP contribution in [0.1, 0.15) is 11.1 Å². The van der Waals surface area contributed by atoms with Gasteiger partial charge in [-0.2, -0.15) is 5.26 Å². The molecule has 7 nitrogen and oxygen atoms in total. The van der Waals surface area contributed by atoms with Gasteiger partial charge in [0.05, 0.1) is 35.1 Å². The van der Waals surface area contributed by atoms with E-state index in [0.717, 1.165) is 16.2 Å². The Hall–Kier alpha value is -4.77. The van der Waals surface area contributed by atoms with Gasteiger partial charge in [-0.05, 0) is 41.1 Å². The van der Waals surface area contributed by atoms with Gasteiger partial charge in [-0.25, -0.2) is 9.18 Å². The van der Waals surface area contributed by atoms with Crippen LogP contribution < -0.4 is 31.5 Å². The second-order valence-electron chi connectivity index (χ2n) is 7.41. The Balaban J connectivity index is 2.03. The molecule has 0 fully saturated rings. The molecule has 0 aliphatic carbocycles. The average molecular weight is 456 g/mol. The Bertz CT molecular complexity index is 1670. The van der Waals surface area contributed by atoms with Crippen molar-refractivity contribution in [1.29, 1.82) is 5.26 Å². The molecule has 3 N–H and O–H groups in total. The number of ether oxygens (including phenoxy) is 2. The molecule has 170 valence electrons. The Kier molecular flexibility index (Phi) is 6.19. The van der Waals surface area contributed by atoms with E-state index in [1.807, 2.05) is 36.4 Å². The lowest BCUT2D eigenvalue weighted by Gasteiger charge is -2.11. The minimum absolute atomic E-state index is 0.0367. The van der Waals surface area contributed by atoms with Crippen molar-refractivity contribution in [1.82, 2.24) is 9.55 Å². The van der Waals surface area contributed by atoms with Crippen molar-refractivity contribution in [3.8, 4) is 23.3 Å². The quantitative estimate of drug-likeness (QED) is 0.479. The molecule has 0 spiro atoms. The van der Waals surface area contributed by atoms with E-state index < -0.39 is 11.5 Å². The van der Waals surface area contributed by atoms with Gasteiger partial charge in [0.1, 0.15) is 12.4 Å². The molecule has 0 saturated carbocycles. The zero-order valence-electron chi connectivity index (χ0n) is 18.3. The third-order valence-electron chi connectivity index (χ3n) is 5.29. The minimum atomic E-state index is -0.732. The number of methoxy groups -OCH3 is 1. The summed E-state index contributed by atoms with van der Waals surface area (Å²) in [5, 5.41) is 10.6. The lowest BCUT2D eigenvalue weighted by Crippen LogP contribution is -2.17. The van der Waals surface area contributed by atoms with Crippen molar-refractivity contribution in [3.63, 3.8) is 0 Å². The highest BCUT2D eigenvalue weighted by molar-refractivity contribution is 5.44. The number of H-pyrrole nitrogens is 1. The number of imidazole rings is 1. The largest absolute Gasteiger partial charge is 0.493 e. The summed E-state index contributed by atoms with van der Waals surface area (Å²) in [6, 6.07) is 18.7. The fourth-order valence-electron chi connectivity index (χ4n) is 3.66. The van der Waals surface area contributed by atoms with E-state index in [1.54, 1.807) is 12.1 Å². The number of aromatic amines is 1. The van der Waals surface area contributed by atoms with Gasteiger partial charge >= 0.3 is 5.69 Å². The van der Waals surface area contributed by atoms with Crippen LogP contribution in [0.4, 0.5) is 4.39 Å². The molecular formula is C26H21FN4O3. The number of halogens is 1. The molecule has 4 aromatic rings. The summed E-state index contributed by atoms with van der Waals surface area (Å²) < 4.78 is 27.5. The number of hydrogen-bond donors (Lipinski definition) is 2. The van der Waals surface area contributed by atoms with Crippen molar-refractivity contribution in [3.05, 3.63) is 109 Å². The first kappa shape index (κ1) is 22.4. The summed E-state index contributed by atoms with van der Waals surface area (Å²) in [4.78, 5) is 15.5. The molecule has 0 aliphatic rings. The van der Waals surface area contributed by atoms with Crippen molar-refractivity contribution < 1.29 is 13.9 Å². The van der Waals surface area contributed by atoms with Gasteiger partial charge in [0, 0.05) is 11.4 Å². The maximum absolute atomic E-state index is 14.9. The van der Waals surface area contributed by atoms with E-state index in [2.05, 4.69) is 11.6 Å². The molecule has 0 amide bonds. The predicted octanol–water partition coefficient (Wildman–Crippen LogP) is 2.16. The molecule has 0 unspecified atom stereocenters. The van der Waals surface area contributed by atoms with E-state index in [9.17, 15) is 9.18 Å². The smallest absolute Gasteiger partial charge is 0.331 e. The maximum Gasteiger partial charge on any atom is 0.331 e. The number of nitriles is 1. The van der Waals surface area contributed by atoms with Crippen LogP contribution >= 0.6 is 0 Å². The lowest BCUT2D eigenvalue weighted by molar-refractivity contribution is 0.284. The molecule has 0 bridgehead atoms. The molecular weight excluding hydrogens is 435 g/mol. The summed E-state index contributed by atoms with van der Waals surface area (Å²) in [6.07, 6.45) is 1.23. The highest BCUT2D eigenvalue weighted by Crippen LogP contribution is 2.26. The molecule has 4 rings (SSSR count). The van der Waals surface area contributed by atoms with Crippen molar-refractivity contribution in [2.45, 2.75) is 6.61 Å². The number of aromatic nitrogens is 2. The van der Waals surface area contributed by atoms with Crippen molar-refractivity contribution in [2.75, 3.05) is 7.11 Å². The Morgan fingerprint density at radius 1 is 1.18 bits per heavy atom. The molecule has 0 atom stereocenters. The van der Waals surface area contributed by atoms with Gasteiger partial charge in [-0.3, -0.25) is 4.57 Å². The van der Waals surface area contributed by atoms with E-state index in [0.29, 0.717) is 27.3 Å². The van der Waals surface area contributed by atoms with Crippen LogP contribution in [-0.2, 0) is 6.61 Å². The summed E-state index contributed by atoms with van der Waals surface area (Å²) in [6.45, 7) is 4.36. The minimum Gasteiger partial charge on any atom is -0.493 e. The van der Waals surface area contributed by atoms with Crippen molar-refractivity contribution >= 4 is 12.8 Å². The third kappa shape index (κ3) is 4.14. The van der Waals surface area contributed by atoms with Gasteiger partial charge in [-0.1, -0.05) is 36.9 Å². The number of nitrogens with one attached hydrogen (secondary N) is 1. The Labute approximate surface area is 193 Å². The molecule has 3 aromatic carbocycles. The van der Waals surface area contributed by atoms with E-state index in [1.165, 1.54) is 25.4 Å². The normalized spacial score (nSPS) is 12.3. The van der Waals surface area contributed by atoms with Crippen LogP contribution in [0.2, 0.25) is 0 Å². The molecule has 8 heteroatoms. The highest BCUT2D eigenvalue weighted by atomic mass is 19.1. The van der Waals surface area contributed by atoms with Gasteiger partial charge in [0.25, 0.3) is 0 Å².